The number of nitrogens with zero attached hydrogens (tertiary/aromatic N) is 1. The minimum atomic E-state index is -0.362. The van der Waals surface area contributed by atoms with Gasteiger partial charge in [-0.25, -0.2) is 4.39 Å². The van der Waals surface area contributed by atoms with Gasteiger partial charge in [0, 0.05) is 6.20 Å². The number of aryl methyl sites for hydroxylation is 1. The van der Waals surface area contributed by atoms with Crippen LogP contribution in [0.25, 0.3) is 11.1 Å². The largest absolute Gasteiger partial charge is 0.491 e. The third-order valence-corrected chi connectivity index (χ3v) is 4.68. The second-order valence-electron chi connectivity index (χ2n) is 8.00. The lowest BCUT2D eigenvalue weighted by molar-refractivity contribution is 0.303. The van der Waals surface area contributed by atoms with Gasteiger partial charge in [-0.15, -0.1) is 0 Å². The number of pyridine rings is 1. The molecule has 1 N–H and O–H groups in total. The third kappa shape index (κ3) is 5.80. The van der Waals surface area contributed by atoms with Crippen molar-refractivity contribution in [3.05, 3.63) is 77.9 Å². The molecule has 3 aromatic rings. The van der Waals surface area contributed by atoms with E-state index in [1.165, 1.54) is 17.3 Å². The molecule has 152 valence electrons. The number of benzene rings is 2. The molecule has 0 radical (unpaired) electrons. The molecule has 3 rings (SSSR count). The highest BCUT2D eigenvalue weighted by Crippen LogP contribution is 2.30. The monoisotopic (exact) mass is 392 g/mol. The van der Waals surface area contributed by atoms with Crippen molar-refractivity contribution in [1.82, 2.24) is 4.98 Å². The summed E-state index contributed by atoms with van der Waals surface area (Å²) in [6.07, 6.45) is 3.82. The Morgan fingerprint density at radius 1 is 1.07 bits per heavy atom. The number of aromatic nitrogens is 1. The Morgan fingerprint density at radius 3 is 2.62 bits per heavy atom. The van der Waals surface area contributed by atoms with Gasteiger partial charge in [-0.2, -0.15) is 0 Å². The summed E-state index contributed by atoms with van der Waals surface area (Å²) in [6.45, 7) is 8.95. The highest BCUT2D eigenvalue weighted by Gasteiger charge is 2.11. The molecular weight excluding hydrogens is 363 g/mol. The van der Waals surface area contributed by atoms with Crippen molar-refractivity contribution in [2.75, 3.05) is 11.9 Å². The molecule has 4 heteroatoms. The minimum Gasteiger partial charge on any atom is -0.491 e. The van der Waals surface area contributed by atoms with Gasteiger partial charge < -0.3 is 10.1 Å². The molecule has 0 fully saturated rings. The van der Waals surface area contributed by atoms with Crippen LogP contribution in [0, 0.1) is 18.7 Å². The van der Waals surface area contributed by atoms with Crippen LogP contribution in [0.3, 0.4) is 0 Å². The zero-order valence-electron chi connectivity index (χ0n) is 17.6. The standard InChI is InChI=1S/C25H29FN2O/c1-17(2)11-20-7-5-6-8-23(20)21-12-18(3)13-22(14-21)29-16-19(4)28-25-9-10-27-15-24(25)26/h5-10,12-15,17,19H,11,16H2,1-4H3,(H,27,28)/t19-/m0/s1. The molecule has 0 unspecified atom stereocenters. The maximum Gasteiger partial charge on any atom is 0.164 e. The van der Waals surface area contributed by atoms with Gasteiger partial charge in [-0.3, -0.25) is 4.98 Å². The Bertz CT molecular complexity index is 955. The maximum atomic E-state index is 13.8. The second kappa shape index (κ2) is 9.55. The lowest BCUT2D eigenvalue weighted by Crippen LogP contribution is -2.24. The average Bonchev–Trinajstić information content (AvgIpc) is 2.68. The van der Waals surface area contributed by atoms with E-state index in [1.54, 1.807) is 12.3 Å². The number of anilines is 1. The molecule has 3 nitrogen and oxygen atoms in total. The Morgan fingerprint density at radius 2 is 1.86 bits per heavy atom. The van der Waals surface area contributed by atoms with Gasteiger partial charge in [-0.1, -0.05) is 44.2 Å². The number of hydrogen-bond acceptors (Lipinski definition) is 3. The van der Waals surface area contributed by atoms with Crippen molar-refractivity contribution >= 4 is 5.69 Å². The number of rotatable bonds is 8. The lowest BCUT2D eigenvalue weighted by atomic mass is 9.93. The van der Waals surface area contributed by atoms with E-state index in [0.717, 1.165) is 23.3 Å². The first-order valence-electron chi connectivity index (χ1n) is 10.1. The maximum absolute atomic E-state index is 13.8. The van der Waals surface area contributed by atoms with Crippen LogP contribution in [0.4, 0.5) is 10.1 Å². The van der Waals surface area contributed by atoms with Gasteiger partial charge in [0.05, 0.1) is 17.9 Å². The molecule has 0 bridgehead atoms. The molecule has 0 saturated heterocycles. The van der Waals surface area contributed by atoms with Gasteiger partial charge in [0.1, 0.15) is 12.4 Å². The van der Waals surface area contributed by atoms with Gasteiger partial charge in [0.2, 0.25) is 0 Å². The molecule has 0 aliphatic heterocycles. The average molecular weight is 393 g/mol. The molecule has 1 atom stereocenters. The normalized spacial score (nSPS) is 12.1. The predicted octanol–water partition coefficient (Wildman–Crippen LogP) is 6.27. The smallest absolute Gasteiger partial charge is 0.164 e. The topological polar surface area (TPSA) is 34.1 Å². The van der Waals surface area contributed by atoms with E-state index >= 15 is 0 Å². The number of halogens is 1. The molecule has 1 aromatic heterocycles. The highest BCUT2D eigenvalue weighted by molar-refractivity contribution is 5.69. The summed E-state index contributed by atoms with van der Waals surface area (Å²) in [7, 11) is 0. The quantitative estimate of drug-likeness (QED) is 0.490. The third-order valence-electron chi connectivity index (χ3n) is 4.68. The molecule has 0 aliphatic carbocycles. The van der Waals surface area contributed by atoms with Crippen LogP contribution in [0.15, 0.2) is 60.9 Å². The summed E-state index contributed by atoms with van der Waals surface area (Å²) in [5, 5.41) is 3.13. The van der Waals surface area contributed by atoms with Gasteiger partial charge in [0.15, 0.2) is 5.82 Å². The first kappa shape index (κ1) is 20.8. The summed E-state index contributed by atoms with van der Waals surface area (Å²) in [5.41, 5.74) is 5.35. The molecule has 29 heavy (non-hydrogen) atoms. The zero-order chi connectivity index (χ0) is 20.8. The Hall–Kier alpha value is -2.88. The van der Waals surface area contributed by atoms with Gasteiger partial charge in [0.25, 0.3) is 0 Å². The number of ether oxygens (including phenoxy) is 1. The minimum absolute atomic E-state index is 0.0518. The second-order valence-corrected chi connectivity index (χ2v) is 8.00. The first-order chi connectivity index (χ1) is 13.9. The summed E-state index contributed by atoms with van der Waals surface area (Å²) in [5.74, 6) is 1.05. The Balaban J connectivity index is 1.74. The zero-order valence-corrected chi connectivity index (χ0v) is 17.6. The van der Waals surface area contributed by atoms with Crippen LogP contribution < -0.4 is 10.1 Å². The summed E-state index contributed by atoms with van der Waals surface area (Å²) < 4.78 is 19.8. The fourth-order valence-corrected chi connectivity index (χ4v) is 3.43. The lowest BCUT2D eigenvalue weighted by Gasteiger charge is -2.18. The molecule has 0 saturated carbocycles. The molecule has 0 amide bonds. The summed E-state index contributed by atoms with van der Waals surface area (Å²) in [4.78, 5) is 3.77. The van der Waals surface area contributed by atoms with Crippen molar-refractivity contribution in [2.24, 2.45) is 5.92 Å². The van der Waals surface area contributed by atoms with Crippen LogP contribution in [-0.4, -0.2) is 17.6 Å². The van der Waals surface area contributed by atoms with Gasteiger partial charge >= 0.3 is 0 Å². The Kier molecular flexibility index (Phi) is 6.86. The van der Waals surface area contributed by atoms with Crippen molar-refractivity contribution in [3.8, 4) is 16.9 Å². The fraction of sp³-hybridized carbons (Fsp3) is 0.320. The molecule has 0 aliphatic rings. The fourth-order valence-electron chi connectivity index (χ4n) is 3.43. The first-order valence-corrected chi connectivity index (χ1v) is 10.1. The summed E-state index contributed by atoms with van der Waals surface area (Å²) in [6, 6.07) is 16.4. The van der Waals surface area contributed by atoms with E-state index in [-0.39, 0.29) is 11.9 Å². The van der Waals surface area contributed by atoms with Crippen molar-refractivity contribution in [3.63, 3.8) is 0 Å². The molecule has 2 aromatic carbocycles. The molecule has 1 heterocycles. The van der Waals surface area contributed by atoms with Gasteiger partial charge in [-0.05, 0) is 66.6 Å². The van der Waals surface area contributed by atoms with Crippen molar-refractivity contribution in [1.29, 1.82) is 0 Å². The van der Waals surface area contributed by atoms with Crippen LogP contribution in [0.2, 0.25) is 0 Å². The van der Waals surface area contributed by atoms with Crippen LogP contribution in [-0.2, 0) is 6.42 Å². The van der Waals surface area contributed by atoms with Crippen LogP contribution in [0.5, 0.6) is 5.75 Å². The van der Waals surface area contributed by atoms with Crippen LogP contribution >= 0.6 is 0 Å². The van der Waals surface area contributed by atoms with E-state index in [4.69, 9.17) is 4.74 Å². The molecule has 0 spiro atoms. The van der Waals surface area contributed by atoms with Crippen molar-refractivity contribution in [2.45, 2.75) is 40.2 Å². The summed E-state index contributed by atoms with van der Waals surface area (Å²) >= 11 is 0. The van der Waals surface area contributed by atoms with Crippen molar-refractivity contribution < 1.29 is 9.13 Å². The van der Waals surface area contributed by atoms with E-state index < -0.39 is 0 Å². The predicted molar refractivity (Wildman–Crippen MR) is 118 cm³/mol. The highest BCUT2D eigenvalue weighted by atomic mass is 19.1. The van der Waals surface area contributed by atoms with E-state index in [0.29, 0.717) is 18.2 Å². The SMILES string of the molecule is Cc1cc(OC[C@H](C)Nc2ccncc2F)cc(-c2ccccc2CC(C)C)c1. The number of hydrogen-bond donors (Lipinski definition) is 1. The Labute approximate surface area is 173 Å². The van der Waals surface area contributed by atoms with E-state index in [1.807, 2.05) is 13.0 Å². The molecular formula is C25H29FN2O. The van der Waals surface area contributed by atoms with E-state index in [2.05, 4.69) is 67.5 Å². The number of nitrogens with one attached hydrogen (secondary N) is 1. The van der Waals surface area contributed by atoms with Crippen LogP contribution in [0.1, 0.15) is 31.9 Å². The van der Waals surface area contributed by atoms with E-state index in [9.17, 15) is 4.39 Å².